The molecule has 0 fully saturated rings. The molecule has 1 rings (SSSR count). The molecule has 14 heavy (non-hydrogen) atoms. The summed E-state index contributed by atoms with van der Waals surface area (Å²) in [5.41, 5.74) is -3.67. The largest absolute Gasteiger partial charge is 0.447 e. The van der Waals surface area contributed by atoms with Crippen LogP contribution in [0.25, 0.3) is 0 Å². The number of aryl methyl sites for hydroxylation is 2. The van der Waals surface area contributed by atoms with Gasteiger partial charge in [-0.25, -0.2) is 0 Å². The number of hydrogen-bond donors (Lipinski definition) is 0. The van der Waals surface area contributed by atoms with E-state index in [4.69, 9.17) is 0 Å². The quantitative estimate of drug-likeness (QED) is 0.734. The summed E-state index contributed by atoms with van der Waals surface area (Å²) in [5, 5.41) is 4.08. The lowest BCUT2D eigenvalue weighted by Crippen LogP contribution is -2.06. The number of hydrogen-bond acceptors (Lipinski definition) is 2. The average molecular weight is 224 g/mol. The third kappa shape index (κ3) is 2.94. The topological polar surface area (TPSA) is 17.8 Å². The van der Waals surface area contributed by atoms with E-state index in [2.05, 4.69) is 5.10 Å². The lowest BCUT2D eigenvalue weighted by Gasteiger charge is -2.08. The average Bonchev–Trinajstić information content (AvgIpc) is 2.34. The lowest BCUT2D eigenvalue weighted by atomic mass is 10.4. The highest BCUT2D eigenvalue weighted by Crippen LogP contribution is 2.38. The van der Waals surface area contributed by atoms with Crippen LogP contribution in [0.15, 0.2) is 11.2 Å². The standard InChI is InChI=1S/C8H11F3N2S/c1-3-4-13-7(6(2)5-12-13)14-8(9,10)11/h5H,3-4H2,1-2H3. The van der Waals surface area contributed by atoms with Gasteiger partial charge in [-0.15, -0.1) is 0 Å². The first-order valence-corrected chi connectivity index (χ1v) is 5.04. The SMILES string of the molecule is CCCn1ncc(C)c1SC(F)(F)F. The minimum Gasteiger partial charge on any atom is -0.258 e. The Labute approximate surface area is 84.5 Å². The Kier molecular flexibility index (Phi) is 3.47. The van der Waals surface area contributed by atoms with Gasteiger partial charge in [-0.2, -0.15) is 18.3 Å². The van der Waals surface area contributed by atoms with Gasteiger partial charge in [-0.1, -0.05) is 6.92 Å². The van der Waals surface area contributed by atoms with E-state index in [9.17, 15) is 13.2 Å². The van der Waals surface area contributed by atoms with Gasteiger partial charge in [-0.05, 0) is 13.3 Å². The third-order valence-electron chi connectivity index (χ3n) is 1.61. The molecule has 0 amide bonds. The van der Waals surface area contributed by atoms with Crippen molar-refractivity contribution < 1.29 is 13.2 Å². The van der Waals surface area contributed by atoms with Crippen molar-refractivity contribution in [3.63, 3.8) is 0 Å². The van der Waals surface area contributed by atoms with Gasteiger partial charge in [0.25, 0.3) is 0 Å². The van der Waals surface area contributed by atoms with Crippen molar-refractivity contribution in [1.82, 2.24) is 9.78 Å². The zero-order valence-electron chi connectivity index (χ0n) is 7.93. The predicted octanol–water partition coefficient (Wildman–Crippen LogP) is 3.21. The fraction of sp³-hybridized carbons (Fsp3) is 0.625. The molecule has 0 atom stereocenters. The van der Waals surface area contributed by atoms with Crippen LogP contribution in [-0.4, -0.2) is 15.3 Å². The van der Waals surface area contributed by atoms with Crippen LogP contribution in [0.5, 0.6) is 0 Å². The van der Waals surface area contributed by atoms with E-state index in [0.717, 1.165) is 6.42 Å². The zero-order chi connectivity index (χ0) is 10.8. The van der Waals surface area contributed by atoms with Gasteiger partial charge >= 0.3 is 5.51 Å². The van der Waals surface area contributed by atoms with Gasteiger partial charge in [0.05, 0.1) is 6.20 Å². The second-order valence-electron chi connectivity index (χ2n) is 2.90. The van der Waals surface area contributed by atoms with Crippen LogP contribution in [0, 0.1) is 6.92 Å². The molecule has 0 aromatic carbocycles. The lowest BCUT2D eigenvalue weighted by molar-refractivity contribution is -0.0331. The van der Waals surface area contributed by atoms with Crippen molar-refractivity contribution in [2.24, 2.45) is 0 Å². The fourth-order valence-electron chi connectivity index (χ4n) is 1.08. The van der Waals surface area contributed by atoms with E-state index in [1.165, 1.54) is 10.9 Å². The number of aromatic nitrogens is 2. The van der Waals surface area contributed by atoms with Crippen LogP contribution < -0.4 is 0 Å². The van der Waals surface area contributed by atoms with E-state index in [1.807, 2.05) is 6.92 Å². The number of nitrogens with zero attached hydrogens (tertiary/aromatic N) is 2. The summed E-state index contributed by atoms with van der Waals surface area (Å²) >= 11 is -0.0989. The Balaban J connectivity index is 2.88. The minimum absolute atomic E-state index is 0.0989. The van der Waals surface area contributed by atoms with Crippen molar-refractivity contribution in [1.29, 1.82) is 0 Å². The van der Waals surface area contributed by atoms with E-state index >= 15 is 0 Å². The van der Waals surface area contributed by atoms with Crippen LogP contribution in [0.3, 0.4) is 0 Å². The molecule has 80 valence electrons. The monoisotopic (exact) mass is 224 g/mol. The smallest absolute Gasteiger partial charge is 0.258 e. The van der Waals surface area contributed by atoms with Crippen LogP contribution in [-0.2, 0) is 6.54 Å². The summed E-state index contributed by atoms with van der Waals surface area (Å²) in [5.74, 6) is 0. The van der Waals surface area contributed by atoms with Crippen LogP contribution >= 0.6 is 11.8 Å². The third-order valence-corrected chi connectivity index (χ3v) is 2.57. The highest BCUT2D eigenvalue weighted by molar-refractivity contribution is 8.00. The maximum atomic E-state index is 12.1. The maximum absolute atomic E-state index is 12.1. The summed E-state index contributed by atoms with van der Waals surface area (Å²) in [6.45, 7) is 4.05. The summed E-state index contributed by atoms with van der Waals surface area (Å²) in [6, 6.07) is 0. The Morgan fingerprint density at radius 3 is 2.64 bits per heavy atom. The summed E-state index contributed by atoms with van der Waals surface area (Å²) < 4.78 is 37.8. The second kappa shape index (κ2) is 4.25. The van der Waals surface area contributed by atoms with E-state index in [0.29, 0.717) is 12.1 Å². The number of rotatable bonds is 3. The molecule has 0 radical (unpaired) electrons. The highest BCUT2D eigenvalue weighted by atomic mass is 32.2. The normalized spacial score (nSPS) is 12.1. The summed E-state index contributed by atoms with van der Waals surface area (Å²) in [4.78, 5) is 0. The van der Waals surface area contributed by atoms with E-state index < -0.39 is 5.51 Å². The molecular weight excluding hydrogens is 213 g/mol. The van der Waals surface area contributed by atoms with E-state index in [-0.39, 0.29) is 16.8 Å². The van der Waals surface area contributed by atoms with Crippen molar-refractivity contribution in [2.45, 2.75) is 37.3 Å². The van der Waals surface area contributed by atoms with Crippen molar-refractivity contribution in [3.05, 3.63) is 11.8 Å². The molecule has 0 aliphatic carbocycles. The first kappa shape index (κ1) is 11.4. The molecular formula is C8H11F3N2S. The first-order chi connectivity index (χ1) is 6.44. The van der Waals surface area contributed by atoms with Gasteiger partial charge in [0.15, 0.2) is 0 Å². The Morgan fingerprint density at radius 1 is 1.50 bits per heavy atom. The second-order valence-corrected chi connectivity index (χ2v) is 3.96. The molecule has 0 bridgehead atoms. The molecule has 1 aromatic rings. The number of alkyl halides is 3. The molecule has 2 nitrogen and oxygen atoms in total. The van der Waals surface area contributed by atoms with Crippen LogP contribution in [0.2, 0.25) is 0 Å². The molecule has 0 aliphatic rings. The van der Waals surface area contributed by atoms with Crippen molar-refractivity contribution in [2.75, 3.05) is 0 Å². The van der Waals surface area contributed by atoms with E-state index in [1.54, 1.807) is 6.92 Å². The fourth-order valence-corrected chi connectivity index (χ4v) is 1.76. The number of halogens is 3. The molecule has 0 unspecified atom stereocenters. The minimum atomic E-state index is -4.24. The molecule has 0 saturated carbocycles. The maximum Gasteiger partial charge on any atom is 0.447 e. The summed E-state index contributed by atoms with van der Waals surface area (Å²) in [6.07, 6.45) is 2.23. The van der Waals surface area contributed by atoms with Gasteiger partial charge < -0.3 is 0 Å². The highest BCUT2D eigenvalue weighted by Gasteiger charge is 2.31. The van der Waals surface area contributed by atoms with Gasteiger partial charge in [0, 0.05) is 23.9 Å². The zero-order valence-corrected chi connectivity index (χ0v) is 8.74. The van der Waals surface area contributed by atoms with Crippen LogP contribution in [0.1, 0.15) is 18.9 Å². The van der Waals surface area contributed by atoms with Crippen molar-refractivity contribution >= 4 is 11.8 Å². The molecule has 1 aromatic heterocycles. The number of thioether (sulfide) groups is 1. The first-order valence-electron chi connectivity index (χ1n) is 4.22. The van der Waals surface area contributed by atoms with Gasteiger partial charge in [0.1, 0.15) is 5.03 Å². The van der Waals surface area contributed by atoms with Crippen molar-refractivity contribution in [3.8, 4) is 0 Å². The van der Waals surface area contributed by atoms with Gasteiger partial charge in [0.2, 0.25) is 0 Å². The molecule has 1 heterocycles. The van der Waals surface area contributed by atoms with Crippen LogP contribution in [0.4, 0.5) is 13.2 Å². The predicted molar refractivity (Wildman–Crippen MR) is 49.2 cm³/mol. The Morgan fingerprint density at radius 2 is 2.14 bits per heavy atom. The Hall–Kier alpha value is -0.650. The molecule has 0 N–H and O–H groups in total. The summed E-state index contributed by atoms with van der Waals surface area (Å²) in [7, 11) is 0. The molecule has 6 heteroatoms. The Bertz CT molecular complexity index is 306. The molecule has 0 aliphatic heterocycles. The molecule has 0 saturated heterocycles. The van der Waals surface area contributed by atoms with Gasteiger partial charge in [-0.3, -0.25) is 4.68 Å². The molecule has 0 spiro atoms.